The second-order valence-corrected chi connectivity index (χ2v) is 4.04. The highest BCUT2D eigenvalue weighted by Gasteiger charge is 2.53. The summed E-state index contributed by atoms with van der Waals surface area (Å²) < 4.78 is 35.9. The number of rotatable bonds is 1. The normalized spacial score (nSPS) is 25.8. The molecule has 1 heterocycles. The lowest BCUT2D eigenvalue weighted by atomic mass is 10.1. The van der Waals surface area contributed by atoms with Crippen LogP contribution in [0, 0.1) is 5.41 Å². The van der Waals surface area contributed by atoms with Gasteiger partial charge < -0.3 is 4.90 Å². The fourth-order valence-corrected chi connectivity index (χ4v) is 1.85. The summed E-state index contributed by atoms with van der Waals surface area (Å²) in [6, 6.07) is 0. The Labute approximate surface area is 73.7 Å². The average molecular weight is 193 g/mol. The zero-order chi connectivity index (χ0) is 9.69. The van der Waals surface area contributed by atoms with E-state index < -0.39 is 12.7 Å². The predicted octanol–water partition coefficient (Wildman–Crippen LogP) is 1.56. The largest absolute Gasteiger partial charge is 0.406 e. The summed E-state index contributed by atoms with van der Waals surface area (Å²) in [4.78, 5) is 12.1. The molecule has 13 heavy (non-hydrogen) atoms. The Balaban J connectivity index is 1.97. The standard InChI is InChI=1S/C8H10F3NO/c9-8(10,11)5-12-4-7(1-2-7)3-6(12)13/h1-5H2. The number of likely N-dealkylation sites (tertiary alicyclic amines) is 1. The van der Waals surface area contributed by atoms with E-state index in [1.807, 2.05) is 0 Å². The van der Waals surface area contributed by atoms with Crippen molar-refractivity contribution in [2.24, 2.45) is 5.41 Å². The highest BCUT2D eigenvalue weighted by atomic mass is 19.4. The maximum Gasteiger partial charge on any atom is 0.406 e. The summed E-state index contributed by atoms with van der Waals surface area (Å²) in [5, 5.41) is 0. The highest BCUT2D eigenvalue weighted by Crippen LogP contribution is 2.53. The van der Waals surface area contributed by atoms with Gasteiger partial charge in [-0.2, -0.15) is 13.2 Å². The molecule has 0 aromatic rings. The van der Waals surface area contributed by atoms with E-state index >= 15 is 0 Å². The zero-order valence-electron chi connectivity index (χ0n) is 7.02. The number of halogens is 3. The Morgan fingerprint density at radius 1 is 1.38 bits per heavy atom. The second kappa shape index (κ2) is 2.39. The molecule has 0 N–H and O–H groups in total. The molecule has 1 saturated carbocycles. The molecule has 1 aliphatic heterocycles. The molecule has 2 nitrogen and oxygen atoms in total. The maximum absolute atomic E-state index is 12.0. The zero-order valence-corrected chi connectivity index (χ0v) is 7.02. The summed E-state index contributed by atoms with van der Waals surface area (Å²) in [5.41, 5.74) is -0.0671. The van der Waals surface area contributed by atoms with Crippen LogP contribution in [0.25, 0.3) is 0 Å². The van der Waals surface area contributed by atoms with Crippen LogP contribution in [0.3, 0.4) is 0 Å². The smallest absolute Gasteiger partial charge is 0.333 e. The molecular formula is C8H10F3NO. The monoisotopic (exact) mass is 193 g/mol. The summed E-state index contributed by atoms with van der Waals surface area (Å²) in [5.74, 6) is -0.338. The summed E-state index contributed by atoms with van der Waals surface area (Å²) in [6.45, 7) is -0.765. The molecule has 0 aromatic carbocycles. The van der Waals surface area contributed by atoms with Crippen molar-refractivity contribution in [1.82, 2.24) is 4.90 Å². The predicted molar refractivity (Wildman–Crippen MR) is 38.9 cm³/mol. The Hall–Kier alpha value is -0.740. The molecule has 0 atom stereocenters. The lowest BCUT2D eigenvalue weighted by Crippen LogP contribution is -2.35. The molecule has 2 fully saturated rings. The number of alkyl halides is 3. The third-order valence-corrected chi connectivity index (χ3v) is 2.73. The van der Waals surface area contributed by atoms with Gasteiger partial charge in [0.05, 0.1) is 0 Å². The Bertz CT molecular complexity index is 244. The fourth-order valence-electron chi connectivity index (χ4n) is 1.85. The van der Waals surface area contributed by atoms with Crippen LogP contribution in [-0.4, -0.2) is 30.1 Å². The van der Waals surface area contributed by atoms with Crippen LogP contribution in [-0.2, 0) is 4.79 Å². The van der Waals surface area contributed by atoms with Gasteiger partial charge in [0.1, 0.15) is 6.54 Å². The van der Waals surface area contributed by atoms with E-state index in [0.717, 1.165) is 17.7 Å². The van der Waals surface area contributed by atoms with Crippen LogP contribution in [0.4, 0.5) is 13.2 Å². The van der Waals surface area contributed by atoms with Crippen molar-refractivity contribution in [3.8, 4) is 0 Å². The molecule has 1 amide bonds. The van der Waals surface area contributed by atoms with Crippen molar-refractivity contribution in [3.05, 3.63) is 0 Å². The number of amides is 1. The Morgan fingerprint density at radius 2 is 2.00 bits per heavy atom. The van der Waals surface area contributed by atoms with Gasteiger partial charge in [0, 0.05) is 13.0 Å². The number of hydrogen-bond acceptors (Lipinski definition) is 1. The molecule has 2 aliphatic rings. The minimum Gasteiger partial charge on any atom is -0.333 e. The van der Waals surface area contributed by atoms with E-state index in [-0.39, 0.29) is 11.3 Å². The number of carbonyl (C=O) groups is 1. The molecule has 1 saturated heterocycles. The molecule has 1 aliphatic carbocycles. The van der Waals surface area contributed by atoms with Gasteiger partial charge in [0.25, 0.3) is 0 Å². The number of hydrogen-bond donors (Lipinski definition) is 0. The van der Waals surface area contributed by atoms with Gasteiger partial charge in [-0.1, -0.05) is 0 Å². The average Bonchev–Trinajstić information content (AvgIpc) is 2.57. The molecule has 5 heteroatoms. The van der Waals surface area contributed by atoms with E-state index in [9.17, 15) is 18.0 Å². The summed E-state index contributed by atoms with van der Waals surface area (Å²) in [7, 11) is 0. The fraction of sp³-hybridized carbons (Fsp3) is 0.875. The van der Waals surface area contributed by atoms with Crippen LogP contribution in [0.1, 0.15) is 19.3 Å². The molecule has 1 spiro atoms. The topological polar surface area (TPSA) is 20.3 Å². The molecule has 0 radical (unpaired) electrons. The van der Waals surface area contributed by atoms with Gasteiger partial charge in [-0.25, -0.2) is 0 Å². The maximum atomic E-state index is 12.0. The molecule has 0 bridgehead atoms. The summed E-state index contributed by atoms with van der Waals surface area (Å²) >= 11 is 0. The van der Waals surface area contributed by atoms with Crippen LogP contribution < -0.4 is 0 Å². The van der Waals surface area contributed by atoms with Crippen molar-refractivity contribution in [2.75, 3.05) is 13.1 Å². The minimum atomic E-state index is -4.25. The first kappa shape index (κ1) is 8.84. The van der Waals surface area contributed by atoms with Crippen molar-refractivity contribution < 1.29 is 18.0 Å². The number of nitrogens with zero attached hydrogens (tertiary/aromatic N) is 1. The van der Waals surface area contributed by atoms with Crippen molar-refractivity contribution in [1.29, 1.82) is 0 Å². The second-order valence-electron chi connectivity index (χ2n) is 4.04. The molecule has 0 aromatic heterocycles. The van der Waals surface area contributed by atoms with Crippen LogP contribution in [0.15, 0.2) is 0 Å². The van der Waals surface area contributed by atoms with Gasteiger partial charge >= 0.3 is 6.18 Å². The van der Waals surface area contributed by atoms with Crippen molar-refractivity contribution in [2.45, 2.75) is 25.4 Å². The lowest BCUT2D eigenvalue weighted by molar-refractivity contribution is -0.157. The quantitative estimate of drug-likeness (QED) is 0.618. The molecule has 74 valence electrons. The molecule has 0 unspecified atom stereocenters. The van der Waals surface area contributed by atoms with E-state index in [2.05, 4.69) is 0 Å². The van der Waals surface area contributed by atoms with Crippen LogP contribution >= 0.6 is 0 Å². The summed E-state index contributed by atoms with van der Waals surface area (Å²) in [6.07, 6.45) is -2.11. The van der Waals surface area contributed by atoms with Crippen LogP contribution in [0.2, 0.25) is 0 Å². The Morgan fingerprint density at radius 3 is 2.38 bits per heavy atom. The van der Waals surface area contributed by atoms with E-state index in [4.69, 9.17) is 0 Å². The third kappa shape index (κ3) is 1.78. The molecular weight excluding hydrogens is 183 g/mol. The van der Waals surface area contributed by atoms with Gasteiger partial charge in [-0.3, -0.25) is 4.79 Å². The first-order chi connectivity index (χ1) is 5.90. The van der Waals surface area contributed by atoms with Crippen LogP contribution in [0.5, 0.6) is 0 Å². The first-order valence-electron chi connectivity index (χ1n) is 4.25. The number of carbonyl (C=O) groups excluding carboxylic acids is 1. The van der Waals surface area contributed by atoms with E-state index in [1.165, 1.54) is 0 Å². The lowest BCUT2D eigenvalue weighted by Gasteiger charge is -2.18. The van der Waals surface area contributed by atoms with Gasteiger partial charge in [0.2, 0.25) is 5.91 Å². The van der Waals surface area contributed by atoms with Gasteiger partial charge in [-0.05, 0) is 18.3 Å². The van der Waals surface area contributed by atoms with Crippen molar-refractivity contribution in [3.63, 3.8) is 0 Å². The Kier molecular flexibility index (Phi) is 1.63. The van der Waals surface area contributed by atoms with E-state index in [1.54, 1.807) is 0 Å². The first-order valence-corrected chi connectivity index (χ1v) is 4.25. The van der Waals surface area contributed by atoms with Gasteiger partial charge in [-0.15, -0.1) is 0 Å². The van der Waals surface area contributed by atoms with Crippen molar-refractivity contribution >= 4 is 5.91 Å². The SMILES string of the molecule is O=C1CC2(CC2)CN1CC(F)(F)F. The van der Waals surface area contributed by atoms with Gasteiger partial charge in [0.15, 0.2) is 0 Å². The third-order valence-electron chi connectivity index (χ3n) is 2.73. The minimum absolute atomic E-state index is 0.0671. The molecule has 2 rings (SSSR count). The highest BCUT2D eigenvalue weighted by molar-refractivity contribution is 5.80. The van der Waals surface area contributed by atoms with E-state index in [0.29, 0.717) is 13.0 Å².